The van der Waals surface area contributed by atoms with Gasteiger partial charge >= 0.3 is 11.9 Å². The molecule has 1 aromatic heterocycles. The van der Waals surface area contributed by atoms with Crippen molar-refractivity contribution >= 4 is 64.3 Å². The zero-order valence-corrected chi connectivity index (χ0v) is 34.7. The van der Waals surface area contributed by atoms with Gasteiger partial charge < -0.3 is 46.0 Å². The van der Waals surface area contributed by atoms with Crippen molar-refractivity contribution in [3.05, 3.63) is 48.7 Å². The number of rotatable bonds is 23. The number of hydrogen-bond acceptors (Lipinski definition) is 12. The van der Waals surface area contributed by atoms with Gasteiger partial charge in [0.1, 0.15) is 35.4 Å². The Morgan fingerprint density at radius 3 is 1.76 bits per heavy atom. The van der Waals surface area contributed by atoms with E-state index in [-0.39, 0.29) is 50.9 Å². The lowest BCUT2D eigenvalue weighted by atomic mass is 10.0. The van der Waals surface area contributed by atoms with Crippen molar-refractivity contribution in [1.29, 1.82) is 5.41 Å². The summed E-state index contributed by atoms with van der Waals surface area (Å²) in [6.45, 7) is 13.2. The maximum atomic E-state index is 13.9. The second-order valence-electron chi connectivity index (χ2n) is 16.1. The number of allylic oxidation sites excluding steroid dienone is 1. The summed E-state index contributed by atoms with van der Waals surface area (Å²) in [5.74, 6) is -5.44. The molecule has 4 atom stereocenters. The van der Waals surface area contributed by atoms with Gasteiger partial charge in [0.05, 0.1) is 12.8 Å². The number of benzene rings is 1. The van der Waals surface area contributed by atoms with E-state index in [1.54, 1.807) is 66.7 Å². The molecular weight excluding hydrogens is 750 g/mol. The first kappa shape index (κ1) is 48.4. The average molecular weight is 810 g/mol. The van der Waals surface area contributed by atoms with E-state index >= 15 is 0 Å². The van der Waals surface area contributed by atoms with Gasteiger partial charge in [0.2, 0.25) is 23.6 Å². The molecule has 1 aromatic carbocycles. The molecule has 6 N–H and O–H groups in total. The lowest BCUT2D eigenvalue weighted by molar-refractivity contribution is -0.159. The third-order valence-corrected chi connectivity index (χ3v) is 8.29. The molecule has 4 amide bonds. The second-order valence-corrected chi connectivity index (χ2v) is 16.1. The van der Waals surface area contributed by atoms with Crippen LogP contribution in [0.1, 0.15) is 85.6 Å². The predicted octanol–water partition coefficient (Wildman–Crippen LogP) is 2.21. The SMILES string of the molecule is C=CC(=O)CC[C@H](NC(=O)[C@H](CCC(=O)C=N)NC(=O)CC[C@H](NC(=O)[C@H](Cc1c[nH]c2ccccc12)NC(=O)CN(C)C)C(=O)OC(C)(C)C)C(=O)OC(C)(C)C. The number of ketones is 2. The summed E-state index contributed by atoms with van der Waals surface area (Å²) in [4.78, 5) is 109. The number of likely N-dealkylation sites (N-methyl/N-ethyl adjacent to an activating group) is 1. The highest BCUT2D eigenvalue weighted by atomic mass is 16.6. The molecule has 1 heterocycles. The fourth-order valence-corrected chi connectivity index (χ4v) is 5.60. The molecule has 0 saturated carbocycles. The summed E-state index contributed by atoms with van der Waals surface area (Å²) in [7, 11) is 3.40. The maximum absolute atomic E-state index is 13.9. The van der Waals surface area contributed by atoms with Gasteiger partial charge in [-0.1, -0.05) is 24.8 Å². The van der Waals surface area contributed by atoms with Crippen molar-refractivity contribution in [3.63, 3.8) is 0 Å². The Bertz CT molecular complexity index is 1820. The Labute approximate surface area is 339 Å². The minimum Gasteiger partial charge on any atom is -0.458 e. The lowest BCUT2D eigenvalue weighted by Crippen LogP contribution is -2.55. The smallest absolute Gasteiger partial charge is 0.329 e. The highest BCUT2D eigenvalue weighted by Gasteiger charge is 2.33. The molecule has 0 radical (unpaired) electrons. The Hall–Kier alpha value is -5.71. The Morgan fingerprint density at radius 1 is 0.724 bits per heavy atom. The van der Waals surface area contributed by atoms with Crippen LogP contribution in [0.25, 0.3) is 10.9 Å². The number of aromatic nitrogens is 1. The number of hydrogen-bond donors (Lipinski definition) is 6. The van der Waals surface area contributed by atoms with Gasteiger partial charge in [0.25, 0.3) is 0 Å². The summed E-state index contributed by atoms with van der Waals surface area (Å²) in [6.07, 6.45) is 1.89. The van der Waals surface area contributed by atoms with Crippen LogP contribution in [0.2, 0.25) is 0 Å². The predicted molar refractivity (Wildman–Crippen MR) is 217 cm³/mol. The highest BCUT2D eigenvalue weighted by molar-refractivity contribution is 6.26. The van der Waals surface area contributed by atoms with Crippen LogP contribution >= 0.6 is 0 Å². The molecule has 17 nitrogen and oxygen atoms in total. The first-order valence-electron chi connectivity index (χ1n) is 19.0. The van der Waals surface area contributed by atoms with Crippen LogP contribution in [0.5, 0.6) is 0 Å². The van der Waals surface area contributed by atoms with E-state index in [1.807, 2.05) is 24.3 Å². The van der Waals surface area contributed by atoms with E-state index in [9.17, 15) is 38.4 Å². The van der Waals surface area contributed by atoms with Crippen molar-refractivity contribution in [2.75, 3.05) is 20.6 Å². The molecule has 318 valence electrons. The number of ether oxygens (including phenoxy) is 2. The summed E-state index contributed by atoms with van der Waals surface area (Å²) in [6, 6.07) is 2.24. The minimum absolute atomic E-state index is 0.0149. The number of H-pyrrole nitrogens is 1. The van der Waals surface area contributed by atoms with Crippen molar-refractivity contribution in [2.45, 2.75) is 122 Å². The number of carbonyl (C=O) groups excluding carboxylic acids is 8. The lowest BCUT2D eigenvalue weighted by Gasteiger charge is -2.27. The summed E-state index contributed by atoms with van der Waals surface area (Å²) >= 11 is 0. The molecule has 0 aliphatic carbocycles. The van der Waals surface area contributed by atoms with Crippen LogP contribution in [-0.2, 0) is 54.3 Å². The first-order chi connectivity index (χ1) is 27.0. The normalized spacial score (nSPS) is 13.6. The van der Waals surface area contributed by atoms with Gasteiger partial charge in [-0.15, -0.1) is 0 Å². The zero-order chi connectivity index (χ0) is 43.8. The van der Waals surface area contributed by atoms with Gasteiger partial charge in [-0.05, 0) is 92.6 Å². The number of amides is 4. The third kappa shape index (κ3) is 17.6. The van der Waals surface area contributed by atoms with E-state index in [4.69, 9.17) is 14.9 Å². The van der Waals surface area contributed by atoms with Crippen molar-refractivity contribution in [2.24, 2.45) is 0 Å². The summed E-state index contributed by atoms with van der Waals surface area (Å²) < 4.78 is 11.0. The number of carbonyl (C=O) groups is 8. The van der Waals surface area contributed by atoms with E-state index in [0.29, 0.717) is 6.21 Å². The number of fused-ring (bicyclic) bond motifs is 1. The van der Waals surface area contributed by atoms with Crippen molar-refractivity contribution in [3.8, 4) is 0 Å². The second kappa shape index (κ2) is 22.3. The molecule has 2 aromatic rings. The van der Waals surface area contributed by atoms with Crippen LogP contribution in [-0.4, -0.2) is 119 Å². The van der Waals surface area contributed by atoms with Gasteiger partial charge in [-0.25, -0.2) is 9.59 Å². The minimum atomic E-state index is -1.39. The van der Waals surface area contributed by atoms with E-state index in [1.165, 1.54) is 0 Å². The van der Waals surface area contributed by atoms with Crippen LogP contribution < -0.4 is 21.3 Å². The van der Waals surface area contributed by atoms with Crippen LogP contribution in [0.4, 0.5) is 0 Å². The summed E-state index contributed by atoms with van der Waals surface area (Å²) in [5, 5.41) is 18.5. The number of nitrogens with zero attached hydrogens (tertiary/aromatic N) is 1. The van der Waals surface area contributed by atoms with E-state index in [2.05, 4.69) is 32.8 Å². The number of aromatic amines is 1. The molecule has 0 aliphatic heterocycles. The fraction of sp³-hybridized carbons (Fsp3) is 0.537. The quantitative estimate of drug-likeness (QED) is 0.0540. The fourth-order valence-electron chi connectivity index (χ4n) is 5.60. The topological polar surface area (TPSA) is 246 Å². The largest absolute Gasteiger partial charge is 0.458 e. The van der Waals surface area contributed by atoms with Crippen LogP contribution in [0.15, 0.2) is 43.1 Å². The number of esters is 2. The Morgan fingerprint density at radius 2 is 1.22 bits per heavy atom. The number of Topliss-reactive ketones (excluding diaryl/α,β-unsaturated/α-hetero) is 1. The first-order valence-corrected chi connectivity index (χ1v) is 19.0. The molecular formula is C41H59N7O10. The highest BCUT2D eigenvalue weighted by Crippen LogP contribution is 2.20. The molecule has 2 rings (SSSR count). The van der Waals surface area contributed by atoms with Gasteiger partial charge in [0, 0.05) is 42.8 Å². The van der Waals surface area contributed by atoms with Gasteiger partial charge in [0.15, 0.2) is 11.6 Å². The molecule has 0 saturated heterocycles. The molecule has 58 heavy (non-hydrogen) atoms. The molecule has 0 aliphatic rings. The standard InChI is InChI=1S/C41H59N7O10/c1-10-26(49)15-18-31(38(55)57-40(2,3)4)46-36(53)30(17-16-27(50)22-42)44-34(51)20-19-32(39(56)58-41(5,6)7)47-37(54)33(45-35(52)24-48(8)9)21-25-23-43-29-14-12-11-13-28(25)29/h10-14,22-23,30-33,42-43H,1,15-21,24H2,2-9H3,(H,44,51)(H,45,52)(H,46,53)(H,47,54)/t30-,31-,32-,33-/m0/s1. The molecule has 0 spiro atoms. The van der Waals surface area contributed by atoms with Gasteiger partial charge in [-0.2, -0.15) is 0 Å². The molecule has 0 bridgehead atoms. The Balaban J connectivity index is 2.34. The average Bonchev–Trinajstić information content (AvgIpc) is 3.53. The maximum Gasteiger partial charge on any atom is 0.329 e. The van der Waals surface area contributed by atoms with Gasteiger partial charge in [-0.3, -0.25) is 28.8 Å². The Kier molecular flexibility index (Phi) is 18.6. The van der Waals surface area contributed by atoms with E-state index in [0.717, 1.165) is 22.5 Å². The van der Waals surface area contributed by atoms with E-state index < -0.39 is 83.1 Å². The number of para-hydroxylation sites is 1. The third-order valence-electron chi connectivity index (χ3n) is 8.29. The van der Waals surface area contributed by atoms with Crippen LogP contribution in [0, 0.1) is 5.41 Å². The summed E-state index contributed by atoms with van der Waals surface area (Å²) in [5.41, 5.74) is -0.342. The number of nitrogens with one attached hydrogen (secondary N) is 6. The zero-order valence-electron chi connectivity index (χ0n) is 34.7. The molecule has 17 heteroatoms. The van der Waals surface area contributed by atoms with Crippen molar-refractivity contribution < 1.29 is 47.8 Å². The van der Waals surface area contributed by atoms with Crippen LogP contribution in [0.3, 0.4) is 0 Å². The molecule has 0 unspecified atom stereocenters. The molecule has 0 fully saturated rings. The van der Waals surface area contributed by atoms with Crippen molar-refractivity contribution in [1.82, 2.24) is 31.2 Å². The monoisotopic (exact) mass is 809 g/mol.